The summed E-state index contributed by atoms with van der Waals surface area (Å²) in [4.78, 5) is 0. The lowest BCUT2D eigenvalue weighted by molar-refractivity contribution is 0.252. The van der Waals surface area contributed by atoms with E-state index in [1.54, 1.807) is 0 Å². The Balaban J connectivity index is 1.71. The summed E-state index contributed by atoms with van der Waals surface area (Å²) in [6.07, 6.45) is 7.56. The maximum Gasteiger partial charge on any atom is 0.175 e. The second-order valence-corrected chi connectivity index (χ2v) is 7.28. The molecule has 3 nitrogen and oxygen atoms in total. The van der Waals surface area contributed by atoms with Crippen molar-refractivity contribution < 1.29 is 9.47 Å². The second kappa shape index (κ2) is 6.57. The van der Waals surface area contributed by atoms with Crippen LogP contribution in [0.3, 0.4) is 0 Å². The molecule has 0 unspecified atom stereocenters. The molecule has 0 amide bonds. The zero-order chi connectivity index (χ0) is 14.7. The number of benzene rings is 1. The lowest BCUT2D eigenvalue weighted by Crippen LogP contribution is -2.43. The van der Waals surface area contributed by atoms with Gasteiger partial charge in [-0.25, -0.2) is 0 Å². The average molecular weight is 354 g/mol. The Kier molecular flexibility index (Phi) is 4.75. The molecule has 4 heteroatoms. The van der Waals surface area contributed by atoms with Gasteiger partial charge in [-0.3, -0.25) is 0 Å². The Morgan fingerprint density at radius 1 is 1.10 bits per heavy atom. The number of nitrogens with one attached hydrogen (secondary N) is 1. The van der Waals surface area contributed by atoms with Crippen molar-refractivity contribution >= 4 is 15.9 Å². The van der Waals surface area contributed by atoms with Gasteiger partial charge in [-0.15, -0.1) is 0 Å². The second-order valence-electron chi connectivity index (χ2n) is 6.43. The fourth-order valence-corrected chi connectivity index (χ4v) is 3.81. The van der Waals surface area contributed by atoms with Gasteiger partial charge in [0, 0.05) is 18.5 Å². The molecule has 116 valence electrons. The number of ether oxygens (including phenoxy) is 2. The molecule has 0 aromatic heterocycles. The molecule has 1 aliphatic carbocycles. The topological polar surface area (TPSA) is 30.5 Å². The van der Waals surface area contributed by atoms with E-state index in [-0.39, 0.29) is 5.54 Å². The molecule has 2 aliphatic rings. The number of fused-ring (bicyclic) bond motifs is 1. The summed E-state index contributed by atoms with van der Waals surface area (Å²) in [5, 5.41) is 3.75. The highest BCUT2D eigenvalue weighted by Crippen LogP contribution is 2.38. The molecule has 0 saturated heterocycles. The van der Waals surface area contributed by atoms with Crippen LogP contribution in [0.4, 0.5) is 0 Å². The van der Waals surface area contributed by atoms with E-state index in [4.69, 9.17) is 9.47 Å². The van der Waals surface area contributed by atoms with Gasteiger partial charge in [0.1, 0.15) is 0 Å². The Bertz CT molecular complexity index is 498. The van der Waals surface area contributed by atoms with Crippen molar-refractivity contribution in [2.75, 3.05) is 13.2 Å². The predicted molar refractivity (Wildman–Crippen MR) is 88.1 cm³/mol. The normalized spacial score (nSPS) is 20.9. The van der Waals surface area contributed by atoms with Crippen LogP contribution in [-0.2, 0) is 6.54 Å². The van der Waals surface area contributed by atoms with E-state index in [0.717, 1.165) is 42.2 Å². The molecule has 1 aromatic rings. The predicted octanol–water partition coefficient (Wildman–Crippen LogP) is 4.42. The minimum atomic E-state index is 0.287. The van der Waals surface area contributed by atoms with Gasteiger partial charge in [-0.05, 0) is 53.4 Å². The molecule has 0 atom stereocenters. The van der Waals surface area contributed by atoms with Crippen molar-refractivity contribution in [3.05, 3.63) is 22.2 Å². The first-order chi connectivity index (χ1) is 10.2. The molecule has 0 radical (unpaired) electrons. The highest BCUT2D eigenvalue weighted by atomic mass is 79.9. The zero-order valence-corrected chi connectivity index (χ0v) is 14.3. The van der Waals surface area contributed by atoms with Gasteiger partial charge in [0.25, 0.3) is 0 Å². The Morgan fingerprint density at radius 3 is 2.67 bits per heavy atom. The Labute approximate surface area is 135 Å². The van der Waals surface area contributed by atoms with E-state index in [1.807, 2.05) is 0 Å². The minimum absolute atomic E-state index is 0.287. The van der Waals surface area contributed by atoms with Crippen LogP contribution in [0, 0.1) is 0 Å². The smallest absolute Gasteiger partial charge is 0.175 e. The first-order valence-electron chi connectivity index (χ1n) is 7.99. The molecular formula is C17H24BrNO2. The number of hydrogen-bond donors (Lipinski definition) is 1. The van der Waals surface area contributed by atoms with Gasteiger partial charge in [0.05, 0.1) is 17.7 Å². The fraction of sp³-hybridized carbons (Fsp3) is 0.647. The van der Waals surface area contributed by atoms with Crippen LogP contribution in [-0.4, -0.2) is 18.8 Å². The van der Waals surface area contributed by atoms with Crippen molar-refractivity contribution in [1.82, 2.24) is 5.32 Å². The molecule has 3 rings (SSSR count). The third-order valence-corrected chi connectivity index (χ3v) is 5.13. The van der Waals surface area contributed by atoms with Crippen molar-refractivity contribution in [3.8, 4) is 11.5 Å². The quantitative estimate of drug-likeness (QED) is 0.872. The first-order valence-corrected chi connectivity index (χ1v) is 8.79. The Hall–Kier alpha value is -0.740. The third kappa shape index (κ3) is 3.72. The summed E-state index contributed by atoms with van der Waals surface area (Å²) in [6.45, 7) is 4.69. The Morgan fingerprint density at radius 2 is 1.86 bits per heavy atom. The van der Waals surface area contributed by atoms with Crippen LogP contribution in [0.15, 0.2) is 16.6 Å². The van der Waals surface area contributed by atoms with Gasteiger partial charge < -0.3 is 14.8 Å². The van der Waals surface area contributed by atoms with Crippen LogP contribution in [0.1, 0.15) is 51.0 Å². The lowest BCUT2D eigenvalue weighted by atomic mass is 9.83. The summed E-state index contributed by atoms with van der Waals surface area (Å²) in [5.74, 6) is 1.72. The summed E-state index contributed by atoms with van der Waals surface area (Å²) in [6, 6.07) is 4.26. The molecule has 0 bridgehead atoms. The lowest BCUT2D eigenvalue weighted by Gasteiger charge is -2.35. The molecule has 1 aromatic carbocycles. The SMILES string of the molecule is CC1(NCc2cc(Br)c3c(c2)OCCCO3)CCCCC1. The molecule has 1 N–H and O–H groups in total. The molecule has 1 fully saturated rings. The monoisotopic (exact) mass is 353 g/mol. The standard InChI is InChI=1S/C17H24BrNO2/c1-17(6-3-2-4-7-17)19-12-13-10-14(18)16-15(11-13)20-8-5-9-21-16/h10-11,19H,2-9,12H2,1H3. The maximum absolute atomic E-state index is 5.80. The summed E-state index contributed by atoms with van der Waals surface area (Å²) in [7, 11) is 0. The highest BCUT2D eigenvalue weighted by Gasteiger charge is 2.26. The number of rotatable bonds is 3. The van der Waals surface area contributed by atoms with E-state index in [0.29, 0.717) is 0 Å². The van der Waals surface area contributed by atoms with Gasteiger partial charge >= 0.3 is 0 Å². The van der Waals surface area contributed by atoms with Crippen LogP contribution >= 0.6 is 15.9 Å². The van der Waals surface area contributed by atoms with E-state index >= 15 is 0 Å². The largest absolute Gasteiger partial charge is 0.490 e. The van der Waals surface area contributed by atoms with E-state index in [2.05, 4.69) is 40.3 Å². The third-order valence-electron chi connectivity index (χ3n) is 4.54. The van der Waals surface area contributed by atoms with Gasteiger partial charge in [0.15, 0.2) is 11.5 Å². The van der Waals surface area contributed by atoms with E-state index in [1.165, 1.54) is 37.7 Å². The molecule has 1 saturated carbocycles. The molecule has 1 heterocycles. The van der Waals surface area contributed by atoms with Crippen molar-refractivity contribution in [2.24, 2.45) is 0 Å². The summed E-state index contributed by atoms with van der Waals surface area (Å²) >= 11 is 3.61. The van der Waals surface area contributed by atoms with E-state index in [9.17, 15) is 0 Å². The summed E-state index contributed by atoms with van der Waals surface area (Å²) < 4.78 is 12.6. The van der Waals surface area contributed by atoms with Crippen LogP contribution in [0.2, 0.25) is 0 Å². The van der Waals surface area contributed by atoms with Gasteiger partial charge in [0.2, 0.25) is 0 Å². The van der Waals surface area contributed by atoms with Crippen LogP contribution in [0.25, 0.3) is 0 Å². The molecule has 0 spiro atoms. The van der Waals surface area contributed by atoms with Gasteiger partial charge in [-0.2, -0.15) is 0 Å². The van der Waals surface area contributed by atoms with Crippen molar-refractivity contribution in [2.45, 2.75) is 57.5 Å². The van der Waals surface area contributed by atoms with Crippen LogP contribution in [0.5, 0.6) is 11.5 Å². The van der Waals surface area contributed by atoms with Crippen LogP contribution < -0.4 is 14.8 Å². The van der Waals surface area contributed by atoms with Crippen molar-refractivity contribution in [3.63, 3.8) is 0 Å². The molecule has 21 heavy (non-hydrogen) atoms. The fourth-order valence-electron chi connectivity index (χ4n) is 3.21. The highest BCUT2D eigenvalue weighted by molar-refractivity contribution is 9.10. The van der Waals surface area contributed by atoms with Gasteiger partial charge in [-0.1, -0.05) is 19.3 Å². The number of hydrogen-bond acceptors (Lipinski definition) is 3. The molecular weight excluding hydrogens is 330 g/mol. The average Bonchev–Trinajstić information content (AvgIpc) is 2.72. The minimum Gasteiger partial charge on any atom is -0.490 e. The maximum atomic E-state index is 5.80. The van der Waals surface area contributed by atoms with Crippen molar-refractivity contribution in [1.29, 1.82) is 0 Å². The summed E-state index contributed by atoms with van der Waals surface area (Å²) in [5.41, 5.74) is 1.53. The van der Waals surface area contributed by atoms with E-state index < -0.39 is 0 Å². The first kappa shape index (κ1) is 15.2. The zero-order valence-electron chi connectivity index (χ0n) is 12.7. The number of halogens is 1. The molecule has 1 aliphatic heterocycles.